The molecular formula is C17H22N2O5. The van der Waals surface area contributed by atoms with Gasteiger partial charge in [-0.1, -0.05) is 25.1 Å². The van der Waals surface area contributed by atoms with Crippen LogP contribution in [-0.4, -0.2) is 54.0 Å². The highest BCUT2D eigenvalue weighted by atomic mass is 16.5. The third-order valence-corrected chi connectivity index (χ3v) is 4.13. The van der Waals surface area contributed by atoms with Crippen LogP contribution in [0.4, 0.5) is 0 Å². The normalized spacial score (nSPS) is 20.3. The molecule has 130 valence electrons. The summed E-state index contributed by atoms with van der Waals surface area (Å²) in [6.07, 6.45) is 0.438. The van der Waals surface area contributed by atoms with Crippen LogP contribution >= 0.6 is 0 Å². The summed E-state index contributed by atoms with van der Waals surface area (Å²) in [6, 6.07) is 8.94. The third kappa shape index (κ3) is 4.97. The molecule has 0 aromatic heterocycles. The van der Waals surface area contributed by atoms with E-state index in [-0.39, 0.29) is 30.9 Å². The van der Waals surface area contributed by atoms with Gasteiger partial charge in [0.15, 0.2) is 6.61 Å². The van der Waals surface area contributed by atoms with Crippen LogP contribution in [0.5, 0.6) is 5.75 Å². The Hall–Kier alpha value is -2.57. The first kappa shape index (κ1) is 17.8. The summed E-state index contributed by atoms with van der Waals surface area (Å²) in [5, 5.41) is 11.6. The van der Waals surface area contributed by atoms with Crippen LogP contribution in [0.3, 0.4) is 0 Å². The third-order valence-electron chi connectivity index (χ3n) is 4.13. The van der Waals surface area contributed by atoms with Crippen molar-refractivity contribution in [2.45, 2.75) is 13.3 Å². The standard InChI is InChI=1S/C17H22N2O5/c1-12-10-19(8-7-14(12)17(22)23)16(21)9-18-15(20)11-24-13-5-3-2-4-6-13/h2-6,12,14H,7-11H2,1H3,(H,18,20)(H,22,23). The van der Waals surface area contributed by atoms with Gasteiger partial charge in [-0.3, -0.25) is 14.4 Å². The second-order valence-electron chi connectivity index (χ2n) is 5.93. The number of carboxylic acids is 1. The van der Waals surface area contributed by atoms with Crippen LogP contribution in [0, 0.1) is 11.8 Å². The molecule has 2 atom stereocenters. The Balaban J connectivity index is 1.71. The minimum Gasteiger partial charge on any atom is -0.484 e. The molecule has 1 aliphatic heterocycles. The molecule has 0 radical (unpaired) electrons. The van der Waals surface area contributed by atoms with Crippen molar-refractivity contribution in [1.82, 2.24) is 10.2 Å². The van der Waals surface area contributed by atoms with Crippen LogP contribution in [0.15, 0.2) is 30.3 Å². The molecule has 2 amide bonds. The highest BCUT2D eigenvalue weighted by molar-refractivity contribution is 5.85. The number of piperidine rings is 1. The fourth-order valence-corrected chi connectivity index (χ4v) is 2.74. The lowest BCUT2D eigenvalue weighted by atomic mass is 9.87. The lowest BCUT2D eigenvalue weighted by Crippen LogP contribution is -2.48. The van der Waals surface area contributed by atoms with Gasteiger partial charge in [0.1, 0.15) is 5.75 Å². The second-order valence-corrected chi connectivity index (χ2v) is 5.93. The second kappa shape index (κ2) is 8.33. The highest BCUT2D eigenvalue weighted by Crippen LogP contribution is 2.23. The molecule has 1 heterocycles. The van der Waals surface area contributed by atoms with Crippen molar-refractivity contribution in [1.29, 1.82) is 0 Å². The van der Waals surface area contributed by atoms with E-state index in [2.05, 4.69) is 5.32 Å². The number of benzene rings is 1. The number of ether oxygens (including phenoxy) is 1. The zero-order chi connectivity index (χ0) is 17.5. The molecule has 7 heteroatoms. The molecule has 7 nitrogen and oxygen atoms in total. The Kier molecular flexibility index (Phi) is 6.17. The summed E-state index contributed by atoms with van der Waals surface area (Å²) in [5.41, 5.74) is 0. The van der Waals surface area contributed by atoms with E-state index in [0.29, 0.717) is 25.3 Å². The Morgan fingerprint density at radius 1 is 1.29 bits per heavy atom. The number of carbonyl (C=O) groups excluding carboxylic acids is 2. The first-order chi connectivity index (χ1) is 11.5. The number of carbonyl (C=O) groups is 3. The van der Waals surface area contributed by atoms with Crippen LogP contribution in [0.1, 0.15) is 13.3 Å². The number of hydrogen-bond donors (Lipinski definition) is 2. The largest absolute Gasteiger partial charge is 0.484 e. The molecule has 1 aromatic rings. The number of aliphatic carboxylic acids is 1. The molecule has 1 fully saturated rings. The van der Waals surface area contributed by atoms with Crippen LogP contribution in [0.2, 0.25) is 0 Å². The van der Waals surface area contributed by atoms with Gasteiger partial charge in [0.05, 0.1) is 12.5 Å². The lowest BCUT2D eigenvalue weighted by molar-refractivity contribution is -0.148. The number of carboxylic acid groups (broad SMARTS) is 1. The van der Waals surface area contributed by atoms with Gasteiger partial charge < -0.3 is 20.1 Å². The van der Waals surface area contributed by atoms with Gasteiger partial charge in [0, 0.05) is 13.1 Å². The van der Waals surface area contributed by atoms with Gasteiger partial charge in [-0.15, -0.1) is 0 Å². The van der Waals surface area contributed by atoms with Crippen LogP contribution in [0.25, 0.3) is 0 Å². The SMILES string of the molecule is CC1CN(C(=O)CNC(=O)COc2ccccc2)CCC1C(=O)O. The Labute approximate surface area is 140 Å². The predicted octanol–water partition coefficient (Wildman–Crippen LogP) is 0.751. The maximum absolute atomic E-state index is 12.1. The quantitative estimate of drug-likeness (QED) is 0.800. The van der Waals surface area contributed by atoms with E-state index < -0.39 is 11.9 Å². The topological polar surface area (TPSA) is 95.9 Å². The number of hydrogen-bond acceptors (Lipinski definition) is 4. The number of rotatable bonds is 6. The van der Waals surface area contributed by atoms with Gasteiger partial charge in [-0.05, 0) is 24.5 Å². The van der Waals surface area contributed by atoms with Crippen LogP contribution < -0.4 is 10.1 Å². The Morgan fingerprint density at radius 3 is 2.62 bits per heavy atom. The van der Waals surface area contributed by atoms with E-state index in [4.69, 9.17) is 9.84 Å². The Morgan fingerprint density at radius 2 is 2.00 bits per heavy atom. The van der Waals surface area contributed by atoms with Gasteiger partial charge in [-0.25, -0.2) is 0 Å². The van der Waals surface area contributed by atoms with Crippen molar-refractivity contribution in [3.05, 3.63) is 30.3 Å². The lowest BCUT2D eigenvalue weighted by Gasteiger charge is -2.35. The minimum atomic E-state index is -0.819. The fourth-order valence-electron chi connectivity index (χ4n) is 2.74. The van der Waals surface area contributed by atoms with Crippen LogP contribution in [-0.2, 0) is 14.4 Å². The average molecular weight is 334 g/mol. The van der Waals surface area contributed by atoms with E-state index in [9.17, 15) is 14.4 Å². The number of likely N-dealkylation sites (tertiary alicyclic amines) is 1. The average Bonchev–Trinajstić information content (AvgIpc) is 2.58. The molecule has 0 aliphatic carbocycles. The zero-order valence-electron chi connectivity index (χ0n) is 13.6. The van der Waals surface area contributed by atoms with E-state index in [0.717, 1.165) is 0 Å². The van der Waals surface area contributed by atoms with Gasteiger partial charge in [0.2, 0.25) is 5.91 Å². The minimum absolute atomic E-state index is 0.0997. The summed E-state index contributed by atoms with van der Waals surface area (Å²) < 4.78 is 5.30. The molecule has 0 spiro atoms. The smallest absolute Gasteiger partial charge is 0.306 e. The number of para-hydroxylation sites is 1. The van der Waals surface area contributed by atoms with Gasteiger partial charge in [-0.2, -0.15) is 0 Å². The van der Waals surface area contributed by atoms with E-state index in [1.165, 1.54) is 0 Å². The summed E-state index contributed by atoms with van der Waals surface area (Å²) in [5.74, 6) is -1.33. The van der Waals surface area contributed by atoms with Crippen molar-refractivity contribution in [2.24, 2.45) is 11.8 Å². The highest BCUT2D eigenvalue weighted by Gasteiger charge is 2.32. The summed E-state index contributed by atoms with van der Waals surface area (Å²) in [7, 11) is 0. The molecular weight excluding hydrogens is 312 g/mol. The first-order valence-corrected chi connectivity index (χ1v) is 7.92. The van der Waals surface area contributed by atoms with E-state index >= 15 is 0 Å². The maximum atomic E-state index is 12.1. The summed E-state index contributed by atoms with van der Waals surface area (Å²) >= 11 is 0. The van der Waals surface area contributed by atoms with Gasteiger partial charge in [0.25, 0.3) is 5.91 Å². The van der Waals surface area contributed by atoms with Crippen molar-refractivity contribution in [3.63, 3.8) is 0 Å². The van der Waals surface area contributed by atoms with Crippen molar-refractivity contribution in [3.8, 4) is 5.75 Å². The zero-order valence-corrected chi connectivity index (χ0v) is 13.6. The van der Waals surface area contributed by atoms with E-state index in [1.54, 1.807) is 29.2 Å². The molecule has 2 rings (SSSR count). The molecule has 1 saturated heterocycles. The van der Waals surface area contributed by atoms with Gasteiger partial charge >= 0.3 is 5.97 Å². The predicted molar refractivity (Wildman–Crippen MR) is 86.4 cm³/mol. The van der Waals surface area contributed by atoms with Crippen molar-refractivity contribution < 1.29 is 24.2 Å². The van der Waals surface area contributed by atoms with Crippen molar-refractivity contribution >= 4 is 17.8 Å². The fraction of sp³-hybridized carbons (Fsp3) is 0.471. The molecule has 24 heavy (non-hydrogen) atoms. The van der Waals surface area contributed by atoms with E-state index in [1.807, 2.05) is 13.0 Å². The van der Waals surface area contributed by atoms with Crippen molar-refractivity contribution in [2.75, 3.05) is 26.2 Å². The molecule has 1 aliphatic rings. The molecule has 0 saturated carbocycles. The molecule has 0 bridgehead atoms. The molecule has 2 N–H and O–H groups in total. The monoisotopic (exact) mass is 334 g/mol. The number of amides is 2. The summed E-state index contributed by atoms with van der Waals surface area (Å²) in [4.78, 5) is 36.5. The number of nitrogens with zero attached hydrogens (tertiary/aromatic N) is 1. The molecule has 2 unspecified atom stereocenters. The maximum Gasteiger partial charge on any atom is 0.306 e. The Bertz CT molecular complexity index is 590. The number of nitrogens with one attached hydrogen (secondary N) is 1. The first-order valence-electron chi connectivity index (χ1n) is 7.92. The summed E-state index contributed by atoms with van der Waals surface area (Å²) in [6.45, 7) is 2.35. The molecule has 1 aromatic carbocycles.